The van der Waals surface area contributed by atoms with E-state index in [1.54, 1.807) is 6.26 Å². The third kappa shape index (κ3) is 5.07. The van der Waals surface area contributed by atoms with E-state index in [0.29, 0.717) is 23.5 Å². The van der Waals surface area contributed by atoms with Gasteiger partial charge in [0, 0.05) is 63.1 Å². The second kappa shape index (κ2) is 10.9. The summed E-state index contributed by atoms with van der Waals surface area (Å²) in [5.41, 5.74) is 0.360. The molecular weight excluding hydrogens is 507 g/mol. The summed E-state index contributed by atoms with van der Waals surface area (Å²) in [5.74, 6) is 2.62. The van der Waals surface area contributed by atoms with Crippen LogP contribution in [0.2, 0.25) is 0 Å². The van der Waals surface area contributed by atoms with Gasteiger partial charge < -0.3 is 24.5 Å². The highest BCUT2D eigenvalue weighted by Gasteiger charge is 2.66. The lowest BCUT2D eigenvalue weighted by atomic mass is 9.46. The van der Waals surface area contributed by atoms with Gasteiger partial charge >= 0.3 is 0 Å². The molecule has 4 fully saturated rings. The summed E-state index contributed by atoms with van der Waals surface area (Å²) in [4.78, 5) is 7.43. The number of halogens is 1. The van der Waals surface area contributed by atoms with Crippen molar-refractivity contribution in [3.63, 3.8) is 0 Å². The van der Waals surface area contributed by atoms with Crippen LogP contribution in [0.1, 0.15) is 37.9 Å². The molecule has 2 saturated carbocycles. The van der Waals surface area contributed by atoms with Crippen molar-refractivity contribution in [2.45, 2.75) is 50.7 Å². The maximum Gasteiger partial charge on any atom is 0.191 e. The maximum absolute atomic E-state index is 6.09. The van der Waals surface area contributed by atoms with Crippen molar-refractivity contribution in [2.75, 3.05) is 52.5 Å². The van der Waals surface area contributed by atoms with Gasteiger partial charge in [-0.1, -0.05) is 6.42 Å². The van der Waals surface area contributed by atoms with Crippen molar-refractivity contribution in [1.29, 1.82) is 0 Å². The number of rotatable bonds is 8. The Balaban J connectivity index is 0.00000231. The Bertz CT molecular complexity index is 704. The van der Waals surface area contributed by atoms with Crippen LogP contribution in [0.4, 0.5) is 0 Å². The van der Waals surface area contributed by atoms with Crippen LogP contribution >= 0.6 is 24.0 Å². The van der Waals surface area contributed by atoms with Crippen LogP contribution in [-0.4, -0.2) is 75.5 Å². The maximum atomic E-state index is 6.09. The molecule has 1 aromatic heterocycles. The van der Waals surface area contributed by atoms with E-state index in [0.717, 1.165) is 77.1 Å². The average Bonchev–Trinajstić information content (AvgIpc) is 3.39. The minimum Gasteiger partial charge on any atom is -0.469 e. The highest BCUT2D eigenvalue weighted by Crippen LogP contribution is 2.62. The zero-order valence-electron chi connectivity index (χ0n) is 18.4. The molecule has 3 heterocycles. The number of hydrogen-bond acceptors (Lipinski definition) is 5. The molecule has 174 valence electrons. The molecule has 2 aliphatic carbocycles. The van der Waals surface area contributed by atoms with Gasteiger partial charge in [-0.15, -0.1) is 24.0 Å². The van der Waals surface area contributed by atoms with Crippen LogP contribution in [0.3, 0.4) is 0 Å². The van der Waals surface area contributed by atoms with Crippen LogP contribution in [0, 0.1) is 11.3 Å². The first-order chi connectivity index (χ1) is 14.9. The molecule has 2 aliphatic heterocycles. The Labute approximate surface area is 202 Å². The molecule has 31 heavy (non-hydrogen) atoms. The van der Waals surface area contributed by atoms with Crippen molar-refractivity contribution in [3.05, 3.63) is 24.2 Å². The Hall–Kier alpha value is -0.840. The van der Waals surface area contributed by atoms with Gasteiger partial charge in [0.05, 0.1) is 25.6 Å². The van der Waals surface area contributed by atoms with Crippen LogP contribution in [0.25, 0.3) is 0 Å². The highest BCUT2D eigenvalue weighted by atomic mass is 127. The summed E-state index contributed by atoms with van der Waals surface area (Å²) in [7, 11) is 0. The van der Waals surface area contributed by atoms with Gasteiger partial charge in [0.15, 0.2) is 5.96 Å². The zero-order chi connectivity index (χ0) is 20.2. The van der Waals surface area contributed by atoms with Crippen molar-refractivity contribution < 1.29 is 13.9 Å². The molecule has 0 bridgehead atoms. The topological polar surface area (TPSA) is 71.3 Å². The lowest BCUT2D eigenvalue weighted by Gasteiger charge is -2.63. The smallest absolute Gasteiger partial charge is 0.191 e. The number of nitrogens with zero attached hydrogens (tertiary/aromatic N) is 2. The fraction of sp³-hybridized carbons (Fsp3) is 0.783. The molecule has 5 rings (SSSR count). The molecule has 3 atom stereocenters. The van der Waals surface area contributed by atoms with E-state index < -0.39 is 0 Å². The van der Waals surface area contributed by atoms with E-state index in [9.17, 15) is 0 Å². The average molecular weight is 544 g/mol. The van der Waals surface area contributed by atoms with Crippen LogP contribution < -0.4 is 10.6 Å². The molecule has 8 heteroatoms. The minimum atomic E-state index is 0. The largest absolute Gasteiger partial charge is 0.469 e. The fourth-order valence-electron chi connectivity index (χ4n) is 5.82. The number of nitrogens with one attached hydrogen (secondary N) is 2. The first kappa shape index (κ1) is 23.3. The third-order valence-corrected chi connectivity index (χ3v) is 7.58. The summed E-state index contributed by atoms with van der Waals surface area (Å²) in [5, 5.41) is 7.40. The Morgan fingerprint density at radius 1 is 1.23 bits per heavy atom. The minimum absolute atomic E-state index is 0. The van der Waals surface area contributed by atoms with Crippen molar-refractivity contribution >= 4 is 29.9 Å². The molecule has 0 radical (unpaired) electrons. The molecule has 3 unspecified atom stereocenters. The summed E-state index contributed by atoms with van der Waals surface area (Å²) in [6.07, 6.45) is 9.27. The third-order valence-electron chi connectivity index (χ3n) is 7.58. The Kier molecular flexibility index (Phi) is 8.16. The normalized spacial score (nSPS) is 29.5. The number of aliphatic imine (C=N–C) groups is 1. The van der Waals surface area contributed by atoms with E-state index in [4.69, 9.17) is 18.9 Å². The van der Waals surface area contributed by atoms with Gasteiger partial charge in [-0.3, -0.25) is 9.89 Å². The van der Waals surface area contributed by atoms with Crippen LogP contribution in [0.15, 0.2) is 27.8 Å². The Morgan fingerprint density at radius 3 is 2.84 bits per heavy atom. The Morgan fingerprint density at radius 2 is 2.10 bits per heavy atom. The molecule has 2 saturated heterocycles. The van der Waals surface area contributed by atoms with E-state index in [-0.39, 0.29) is 24.0 Å². The van der Waals surface area contributed by atoms with E-state index >= 15 is 0 Å². The van der Waals surface area contributed by atoms with Gasteiger partial charge in [-0.25, -0.2) is 0 Å². The summed E-state index contributed by atoms with van der Waals surface area (Å²) >= 11 is 0. The second-order valence-corrected chi connectivity index (χ2v) is 9.25. The number of furan rings is 1. The standard InChI is InChI=1S/C23H36N4O3.HI/c1-4-18(29-14-1)5-10-25-22(24-9-3-11-27-12-16-28-17-13-27)26-20-19-6-15-30-21(19)23(20)7-2-8-23;/h1,4,14,19-21H,2-3,5-13,15-17H2,(H2,24,25,26);1H. The summed E-state index contributed by atoms with van der Waals surface area (Å²) in [6.45, 7) is 7.50. The molecule has 1 aromatic rings. The van der Waals surface area contributed by atoms with Crippen molar-refractivity contribution in [3.8, 4) is 0 Å². The summed E-state index contributed by atoms with van der Waals surface area (Å²) < 4.78 is 17.0. The molecule has 7 nitrogen and oxygen atoms in total. The molecule has 4 aliphatic rings. The zero-order valence-corrected chi connectivity index (χ0v) is 20.7. The van der Waals surface area contributed by atoms with Gasteiger partial charge in [-0.2, -0.15) is 0 Å². The lowest BCUT2D eigenvalue weighted by molar-refractivity contribution is -0.171. The first-order valence-electron chi connectivity index (χ1n) is 11.8. The van der Waals surface area contributed by atoms with E-state index in [1.165, 1.54) is 25.7 Å². The van der Waals surface area contributed by atoms with Crippen LogP contribution in [0.5, 0.6) is 0 Å². The molecule has 0 aromatic carbocycles. The van der Waals surface area contributed by atoms with Gasteiger partial charge in [0.25, 0.3) is 0 Å². The number of morpholine rings is 1. The number of hydrogen-bond donors (Lipinski definition) is 2. The highest BCUT2D eigenvalue weighted by molar-refractivity contribution is 14.0. The van der Waals surface area contributed by atoms with Gasteiger partial charge in [-0.05, 0) is 37.8 Å². The predicted molar refractivity (Wildman–Crippen MR) is 131 cm³/mol. The van der Waals surface area contributed by atoms with Gasteiger partial charge in [0.1, 0.15) is 5.76 Å². The summed E-state index contributed by atoms with van der Waals surface area (Å²) in [6, 6.07) is 4.49. The lowest BCUT2D eigenvalue weighted by Crippen LogP contribution is -2.72. The number of ether oxygens (including phenoxy) is 2. The molecule has 0 amide bonds. The number of guanidine groups is 1. The van der Waals surface area contributed by atoms with Crippen molar-refractivity contribution in [1.82, 2.24) is 15.5 Å². The molecule has 2 N–H and O–H groups in total. The van der Waals surface area contributed by atoms with E-state index in [2.05, 4.69) is 15.5 Å². The predicted octanol–water partition coefficient (Wildman–Crippen LogP) is 2.66. The quantitative estimate of drug-likeness (QED) is 0.227. The fourth-order valence-corrected chi connectivity index (χ4v) is 5.82. The monoisotopic (exact) mass is 544 g/mol. The first-order valence-corrected chi connectivity index (χ1v) is 11.8. The van der Waals surface area contributed by atoms with Crippen molar-refractivity contribution in [2.24, 2.45) is 16.3 Å². The SMILES string of the molecule is I.c1coc(CCNC(=NCCCN2CCOCC2)NC2C3CCOC3C23CCC3)c1. The second-order valence-electron chi connectivity index (χ2n) is 9.25. The molecular formula is C23H37IN4O3. The van der Waals surface area contributed by atoms with E-state index in [1.807, 2.05) is 12.1 Å². The van der Waals surface area contributed by atoms with Crippen LogP contribution in [-0.2, 0) is 15.9 Å². The number of fused-ring (bicyclic) bond motifs is 2. The van der Waals surface area contributed by atoms with Gasteiger partial charge in [0.2, 0.25) is 0 Å². The molecule has 1 spiro atoms.